The van der Waals surface area contributed by atoms with Crippen LogP contribution in [0, 0.1) is 16.7 Å². The zero-order chi connectivity index (χ0) is 28.3. The lowest BCUT2D eigenvalue weighted by atomic mass is 9.95. The van der Waals surface area contributed by atoms with Gasteiger partial charge in [-0.15, -0.1) is 0 Å². The van der Waals surface area contributed by atoms with Gasteiger partial charge in [0, 0.05) is 24.2 Å². The fourth-order valence-corrected chi connectivity index (χ4v) is 4.01. The number of rotatable bonds is 10. The molecule has 206 valence electrons. The van der Waals surface area contributed by atoms with Gasteiger partial charge in [-0.25, -0.2) is 8.78 Å². The van der Waals surface area contributed by atoms with Gasteiger partial charge in [-0.3, -0.25) is 14.4 Å². The Bertz CT molecular complexity index is 1210. The molecule has 2 aromatic carbocycles. The predicted octanol–water partition coefficient (Wildman–Crippen LogP) is 5.67. The second kappa shape index (κ2) is 11.7. The summed E-state index contributed by atoms with van der Waals surface area (Å²) in [6.07, 6.45) is -1.72. The van der Waals surface area contributed by atoms with Crippen molar-refractivity contribution >= 4 is 35.0 Å². The fraction of sp³-hybridized carbons (Fsp3) is 0.464. The number of nitrogens with one attached hydrogen (secondary N) is 3. The zero-order valence-electron chi connectivity index (χ0n) is 22.2. The van der Waals surface area contributed by atoms with Crippen molar-refractivity contribution in [3.05, 3.63) is 58.1 Å². The number of alkyl halides is 2. The summed E-state index contributed by atoms with van der Waals surface area (Å²) in [4.78, 5) is 38.1. The number of ether oxygens (including phenoxy) is 1. The van der Waals surface area contributed by atoms with Gasteiger partial charge in [0.25, 0.3) is 18.2 Å². The summed E-state index contributed by atoms with van der Waals surface area (Å²) < 4.78 is 30.7. The number of hydrogen-bond acceptors (Lipinski definition) is 4. The third kappa shape index (κ3) is 7.90. The molecule has 0 aromatic heterocycles. The lowest BCUT2D eigenvalue weighted by Gasteiger charge is -2.18. The summed E-state index contributed by atoms with van der Waals surface area (Å²) >= 11 is 6.27. The SMILES string of the molecule is CC(C)(C)C(=O)NCc1ccc(Cl)c(C(=O)Nc2ccc(OCC(F)F)c(C(=O)NCC3CC3(C)C)c2)c1. The van der Waals surface area contributed by atoms with Crippen molar-refractivity contribution in [3.63, 3.8) is 0 Å². The van der Waals surface area contributed by atoms with Crippen LogP contribution in [0.5, 0.6) is 5.75 Å². The number of amides is 3. The maximum atomic E-state index is 13.0. The van der Waals surface area contributed by atoms with Crippen molar-refractivity contribution in [2.45, 2.75) is 54.0 Å². The quantitative estimate of drug-likeness (QED) is 0.355. The Morgan fingerprint density at radius 2 is 1.74 bits per heavy atom. The van der Waals surface area contributed by atoms with Crippen LogP contribution in [0.15, 0.2) is 36.4 Å². The molecular weight excluding hydrogens is 516 g/mol. The van der Waals surface area contributed by atoms with E-state index in [0.29, 0.717) is 18.0 Å². The highest BCUT2D eigenvalue weighted by atomic mass is 35.5. The highest BCUT2D eigenvalue weighted by molar-refractivity contribution is 6.34. The van der Waals surface area contributed by atoms with E-state index < -0.39 is 30.3 Å². The zero-order valence-corrected chi connectivity index (χ0v) is 23.0. The molecule has 10 heteroatoms. The van der Waals surface area contributed by atoms with E-state index in [1.54, 1.807) is 39.0 Å². The first-order valence-corrected chi connectivity index (χ1v) is 12.8. The van der Waals surface area contributed by atoms with E-state index >= 15 is 0 Å². The molecule has 1 aliphatic rings. The van der Waals surface area contributed by atoms with Crippen LogP contribution in [0.3, 0.4) is 0 Å². The molecule has 0 heterocycles. The van der Waals surface area contributed by atoms with Crippen molar-refractivity contribution in [2.24, 2.45) is 16.7 Å². The van der Waals surface area contributed by atoms with Crippen molar-refractivity contribution in [2.75, 3.05) is 18.5 Å². The van der Waals surface area contributed by atoms with Gasteiger partial charge in [0.15, 0.2) is 0 Å². The van der Waals surface area contributed by atoms with E-state index in [4.69, 9.17) is 16.3 Å². The Morgan fingerprint density at radius 3 is 2.34 bits per heavy atom. The average Bonchev–Trinajstić information content (AvgIpc) is 3.46. The number of hydrogen-bond donors (Lipinski definition) is 3. The molecule has 0 spiro atoms. The van der Waals surface area contributed by atoms with Crippen LogP contribution in [0.2, 0.25) is 5.02 Å². The van der Waals surface area contributed by atoms with E-state index in [1.807, 2.05) is 0 Å². The summed E-state index contributed by atoms with van der Waals surface area (Å²) in [6, 6.07) is 9.06. The summed E-state index contributed by atoms with van der Waals surface area (Å²) in [5, 5.41) is 8.56. The highest BCUT2D eigenvalue weighted by Gasteiger charge is 2.45. The van der Waals surface area contributed by atoms with Gasteiger partial charge < -0.3 is 20.7 Å². The summed E-state index contributed by atoms with van der Waals surface area (Å²) in [6.45, 7) is 9.41. The lowest BCUT2D eigenvalue weighted by Crippen LogP contribution is -2.34. The molecule has 2 aromatic rings. The molecule has 1 fully saturated rings. The van der Waals surface area contributed by atoms with Crippen molar-refractivity contribution in [1.82, 2.24) is 10.6 Å². The second-order valence-electron chi connectivity index (χ2n) is 11.2. The predicted molar refractivity (Wildman–Crippen MR) is 143 cm³/mol. The third-order valence-corrected chi connectivity index (χ3v) is 6.81. The summed E-state index contributed by atoms with van der Waals surface area (Å²) in [7, 11) is 0. The minimum Gasteiger partial charge on any atom is -0.487 e. The minimum atomic E-state index is -2.71. The molecule has 0 radical (unpaired) electrons. The molecule has 7 nitrogen and oxygen atoms in total. The topological polar surface area (TPSA) is 96.5 Å². The Morgan fingerprint density at radius 1 is 1.05 bits per heavy atom. The Balaban J connectivity index is 1.76. The van der Waals surface area contributed by atoms with Gasteiger partial charge in [0.05, 0.1) is 16.1 Å². The standard InChI is InChI=1S/C28H34ClF2N3O4/c1-27(2,3)26(37)33-13-16-6-8-21(29)19(10-16)25(36)34-18-7-9-22(38-15-23(30)31)20(11-18)24(35)32-14-17-12-28(17,4)5/h6-11,17,23H,12-15H2,1-5H3,(H,32,35)(H,33,37)(H,34,36). The Labute approximate surface area is 226 Å². The molecule has 0 bridgehead atoms. The second-order valence-corrected chi connectivity index (χ2v) is 11.6. The van der Waals surface area contributed by atoms with Crippen LogP contribution in [-0.4, -0.2) is 37.3 Å². The first kappa shape index (κ1) is 29.4. The molecule has 1 unspecified atom stereocenters. The van der Waals surface area contributed by atoms with E-state index in [1.165, 1.54) is 18.2 Å². The first-order chi connectivity index (χ1) is 17.7. The summed E-state index contributed by atoms with van der Waals surface area (Å²) in [5.74, 6) is -0.828. The monoisotopic (exact) mass is 549 g/mol. The molecule has 38 heavy (non-hydrogen) atoms. The third-order valence-electron chi connectivity index (χ3n) is 6.48. The van der Waals surface area contributed by atoms with Crippen molar-refractivity contribution < 1.29 is 27.9 Å². The van der Waals surface area contributed by atoms with Crippen molar-refractivity contribution in [1.29, 1.82) is 0 Å². The molecule has 3 rings (SSSR count). The van der Waals surface area contributed by atoms with Crippen LogP contribution >= 0.6 is 11.6 Å². The average molecular weight is 550 g/mol. The summed E-state index contributed by atoms with van der Waals surface area (Å²) in [5.41, 5.74) is 0.744. The molecule has 0 aliphatic heterocycles. The molecule has 0 saturated heterocycles. The fourth-order valence-electron chi connectivity index (χ4n) is 3.80. The first-order valence-electron chi connectivity index (χ1n) is 12.4. The van der Waals surface area contributed by atoms with Gasteiger partial charge in [0.2, 0.25) is 5.91 Å². The molecule has 3 N–H and O–H groups in total. The van der Waals surface area contributed by atoms with E-state index in [0.717, 1.165) is 6.42 Å². The molecular formula is C28H34ClF2N3O4. The maximum absolute atomic E-state index is 13.0. The van der Waals surface area contributed by atoms with Crippen molar-refractivity contribution in [3.8, 4) is 5.75 Å². The van der Waals surface area contributed by atoms with Crippen LogP contribution in [-0.2, 0) is 11.3 Å². The number of benzene rings is 2. The van der Waals surface area contributed by atoms with E-state index in [9.17, 15) is 23.2 Å². The van der Waals surface area contributed by atoms with Gasteiger partial charge >= 0.3 is 0 Å². The Hall–Kier alpha value is -3.20. The number of anilines is 1. The number of carbonyl (C=O) groups is 3. The maximum Gasteiger partial charge on any atom is 0.272 e. The lowest BCUT2D eigenvalue weighted by molar-refractivity contribution is -0.128. The normalized spacial score (nSPS) is 16.1. The Kier molecular flexibility index (Phi) is 9.02. The van der Waals surface area contributed by atoms with Crippen LogP contribution in [0.1, 0.15) is 67.3 Å². The molecule has 1 saturated carbocycles. The largest absolute Gasteiger partial charge is 0.487 e. The van der Waals surface area contributed by atoms with Crippen LogP contribution in [0.4, 0.5) is 14.5 Å². The van der Waals surface area contributed by atoms with Gasteiger partial charge in [-0.05, 0) is 53.6 Å². The van der Waals surface area contributed by atoms with E-state index in [2.05, 4.69) is 29.8 Å². The van der Waals surface area contributed by atoms with E-state index in [-0.39, 0.29) is 45.5 Å². The number of carbonyl (C=O) groups excluding carboxylic acids is 3. The highest BCUT2D eigenvalue weighted by Crippen LogP contribution is 2.51. The minimum absolute atomic E-state index is 0.00882. The molecule has 3 amide bonds. The van der Waals surface area contributed by atoms with Crippen LogP contribution in [0.25, 0.3) is 0 Å². The van der Waals surface area contributed by atoms with Gasteiger partial charge in [-0.2, -0.15) is 0 Å². The van der Waals surface area contributed by atoms with Gasteiger partial charge in [-0.1, -0.05) is 52.3 Å². The smallest absolute Gasteiger partial charge is 0.272 e. The molecule has 1 atom stereocenters. The van der Waals surface area contributed by atoms with Gasteiger partial charge in [0.1, 0.15) is 12.4 Å². The molecule has 1 aliphatic carbocycles. The van der Waals surface area contributed by atoms with Crippen LogP contribution < -0.4 is 20.7 Å². The number of halogens is 3.